The molecule has 36 heavy (non-hydrogen) atoms. The number of nitrogens with zero attached hydrogens (tertiary/aromatic N) is 5. The molecule has 0 saturated carbocycles. The van der Waals surface area contributed by atoms with Crippen molar-refractivity contribution in [1.82, 2.24) is 14.9 Å². The van der Waals surface area contributed by atoms with Crippen LogP contribution in [0.15, 0.2) is 30.5 Å². The minimum atomic E-state index is -0.988. The van der Waals surface area contributed by atoms with E-state index in [1.807, 2.05) is 18.7 Å². The third kappa shape index (κ3) is 8.07. The summed E-state index contributed by atoms with van der Waals surface area (Å²) in [5, 5.41) is 14.6. The number of benzene rings is 1. The van der Waals surface area contributed by atoms with Crippen LogP contribution in [-0.4, -0.2) is 70.7 Å². The average molecular weight is 503 g/mol. The highest BCUT2D eigenvalue weighted by Gasteiger charge is 2.29. The third-order valence-corrected chi connectivity index (χ3v) is 4.94. The van der Waals surface area contributed by atoms with Gasteiger partial charge in [0, 0.05) is 33.6 Å². The van der Waals surface area contributed by atoms with Crippen molar-refractivity contribution in [3.8, 4) is 5.75 Å². The molecule has 2 aromatic rings. The Morgan fingerprint density at radius 2 is 1.75 bits per heavy atom. The minimum absolute atomic E-state index is 0.0794. The van der Waals surface area contributed by atoms with Crippen LogP contribution in [0.4, 0.5) is 22.2 Å². The zero-order valence-corrected chi connectivity index (χ0v) is 21.8. The fourth-order valence-electron chi connectivity index (χ4n) is 3.12. The number of hydrogen-bond acceptors (Lipinski definition) is 10. The molecule has 0 aliphatic rings. The summed E-state index contributed by atoms with van der Waals surface area (Å²) in [5.41, 5.74) is -0.417. The molecule has 0 unspecified atom stereocenters. The molecule has 1 heterocycles. The molecule has 1 aromatic heterocycles. The van der Waals surface area contributed by atoms with E-state index in [2.05, 4.69) is 15.3 Å². The van der Waals surface area contributed by atoms with Gasteiger partial charge in [-0.25, -0.2) is 14.6 Å². The lowest BCUT2D eigenvalue weighted by Gasteiger charge is -2.25. The van der Waals surface area contributed by atoms with Crippen LogP contribution >= 0.6 is 0 Å². The SMILES string of the molecule is CCN(CC)c1ncc([N+](=O)[O-])c(N[C@@H](Cc2ccc(OC(=O)N(C)C)cc2)C(=O)OC(C)(C)C)n1. The van der Waals surface area contributed by atoms with Gasteiger partial charge in [-0.3, -0.25) is 10.1 Å². The van der Waals surface area contributed by atoms with Gasteiger partial charge >= 0.3 is 17.7 Å². The second kappa shape index (κ2) is 12.1. The summed E-state index contributed by atoms with van der Waals surface area (Å²) in [6.45, 7) is 10.3. The van der Waals surface area contributed by atoms with Crippen molar-refractivity contribution in [3.05, 3.63) is 46.1 Å². The molecule has 0 radical (unpaired) electrons. The normalized spacial score (nSPS) is 11.9. The standard InChI is InChI=1S/C24H34N6O6/c1-8-29(9-2)22-25-15-19(30(33)34)20(27-22)26-18(21(31)36-24(3,4)5)14-16-10-12-17(13-11-16)35-23(32)28(6)7/h10-13,15,18H,8-9,14H2,1-7H3,(H,25,26,27)/t18-/m0/s1. The lowest BCUT2D eigenvalue weighted by atomic mass is 10.1. The quantitative estimate of drug-likeness (QED) is 0.291. The van der Waals surface area contributed by atoms with Crippen LogP contribution in [0.1, 0.15) is 40.2 Å². The Morgan fingerprint density at radius 1 is 1.14 bits per heavy atom. The van der Waals surface area contributed by atoms with Gasteiger partial charge in [0.15, 0.2) is 0 Å². The number of carbonyl (C=O) groups is 2. The number of esters is 1. The number of nitro groups is 1. The number of ether oxygens (including phenoxy) is 2. The van der Waals surface area contributed by atoms with Crippen molar-refractivity contribution in [3.63, 3.8) is 0 Å². The lowest BCUT2D eigenvalue weighted by Crippen LogP contribution is -2.38. The van der Waals surface area contributed by atoms with E-state index >= 15 is 0 Å². The van der Waals surface area contributed by atoms with Crippen molar-refractivity contribution < 1.29 is 24.0 Å². The number of hydrogen-bond donors (Lipinski definition) is 1. The first-order valence-electron chi connectivity index (χ1n) is 11.6. The van der Waals surface area contributed by atoms with Crippen LogP contribution in [-0.2, 0) is 16.0 Å². The summed E-state index contributed by atoms with van der Waals surface area (Å²) in [6, 6.07) is 5.63. The summed E-state index contributed by atoms with van der Waals surface area (Å²) < 4.78 is 10.8. The van der Waals surface area contributed by atoms with Crippen molar-refractivity contribution >= 4 is 29.5 Å². The van der Waals surface area contributed by atoms with Crippen molar-refractivity contribution in [2.45, 2.75) is 52.7 Å². The topological polar surface area (TPSA) is 140 Å². The van der Waals surface area contributed by atoms with E-state index in [-0.39, 0.29) is 17.9 Å². The first-order valence-corrected chi connectivity index (χ1v) is 11.6. The van der Waals surface area contributed by atoms with E-state index in [1.165, 1.54) is 4.90 Å². The van der Waals surface area contributed by atoms with Crippen LogP contribution in [0, 0.1) is 10.1 Å². The molecular formula is C24H34N6O6. The first-order chi connectivity index (χ1) is 16.8. The van der Waals surface area contributed by atoms with E-state index in [9.17, 15) is 19.7 Å². The Balaban J connectivity index is 2.38. The van der Waals surface area contributed by atoms with Gasteiger partial charge in [-0.05, 0) is 52.3 Å². The molecule has 0 saturated heterocycles. The van der Waals surface area contributed by atoms with Crippen molar-refractivity contribution in [2.75, 3.05) is 37.4 Å². The summed E-state index contributed by atoms with van der Waals surface area (Å²) >= 11 is 0. The van der Waals surface area contributed by atoms with Gasteiger partial charge in [0.25, 0.3) is 0 Å². The molecule has 1 aromatic carbocycles. The Labute approximate surface area is 210 Å². The van der Waals surface area contributed by atoms with Gasteiger partial charge < -0.3 is 24.6 Å². The molecule has 0 aliphatic carbocycles. The zero-order chi connectivity index (χ0) is 27.0. The molecule has 1 N–H and O–H groups in total. The Kier molecular flexibility index (Phi) is 9.53. The van der Waals surface area contributed by atoms with Gasteiger partial charge in [0.05, 0.1) is 4.92 Å². The molecule has 2 rings (SSSR count). The van der Waals surface area contributed by atoms with Gasteiger partial charge in [-0.1, -0.05) is 12.1 Å². The number of nitrogens with one attached hydrogen (secondary N) is 1. The molecule has 1 amide bonds. The maximum Gasteiger partial charge on any atom is 0.414 e. The number of aromatic nitrogens is 2. The number of anilines is 2. The van der Waals surface area contributed by atoms with E-state index in [4.69, 9.17) is 9.47 Å². The molecule has 1 atom stereocenters. The maximum atomic E-state index is 13.1. The third-order valence-electron chi connectivity index (χ3n) is 4.94. The molecule has 0 spiro atoms. The highest BCUT2D eigenvalue weighted by Crippen LogP contribution is 2.26. The van der Waals surface area contributed by atoms with E-state index in [0.29, 0.717) is 30.4 Å². The molecule has 196 valence electrons. The fourth-order valence-corrected chi connectivity index (χ4v) is 3.12. The molecule has 0 bridgehead atoms. The Hall–Kier alpha value is -3.96. The molecular weight excluding hydrogens is 468 g/mol. The monoisotopic (exact) mass is 502 g/mol. The smallest absolute Gasteiger partial charge is 0.414 e. The van der Waals surface area contributed by atoms with Crippen LogP contribution in [0.2, 0.25) is 0 Å². The van der Waals surface area contributed by atoms with Crippen LogP contribution in [0.5, 0.6) is 5.75 Å². The van der Waals surface area contributed by atoms with Gasteiger partial charge in [-0.2, -0.15) is 4.98 Å². The largest absolute Gasteiger partial charge is 0.458 e. The maximum absolute atomic E-state index is 13.1. The molecule has 0 fully saturated rings. The molecule has 12 nitrogen and oxygen atoms in total. The minimum Gasteiger partial charge on any atom is -0.458 e. The first kappa shape index (κ1) is 28.3. The Bertz CT molecular complexity index is 1060. The van der Waals surface area contributed by atoms with Gasteiger partial charge in [-0.15, -0.1) is 0 Å². The summed E-state index contributed by atoms with van der Waals surface area (Å²) in [6.07, 6.45) is 0.748. The molecule has 0 aliphatic heterocycles. The predicted octanol–water partition coefficient (Wildman–Crippen LogP) is 3.66. The van der Waals surface area contributed by atoms with Crippen LogP contribution in [0.3, 0.4) is 0 Å². The van der Waals surface area contributed by atoms with E-state index < -0.39 is 28.6 Å². The van der Waals surface area contributed by atoms with Gasteiger partial charge in [0.1, 0.15) is 23.6 Å². The summed E-state index contributed by atoms with van der Waals surface area (Å²) in [7, 11) is 3.15. The second-order valence-corrected chi connectivity index (χ2v) is 9.17. The number of amides is 1. The predicted molar refractivity (Wildman–Crippen MR) is 135 cm³/mol. The highest BCUT2D eigenvalue weighted by atomic mass is 16.6. The van der Waals surface area contributed by atoms with E-state index in [1.54, 1.807) is 59.1 Å². The number of rotatable bonds is 10. The van der Waals surface area contributed by atoms with Crippen molar-refractivity contribution in [1.29, 1.82) is 0 Å². The highest BCUT2D eigenvalue weighted by molar-refractivity contribution is 5.81. The average Bonchev–Trinajstić information content (AvgIpc) is 2.79. The summed E-state index contributed by atoms with van der Waals surface area (Å²) in [4.78, 5) is 47.5. The second-order valence-electron chi connectivity index (χ2n) is 9.17. The zero-order valence-electron chi connectivity index (χ0n) is 21.8. The van der Waals surface area contributed by atoms with Crippen molar-refractivity contribution in [2.24, 2.45) is 0 Å². The Morgan fingerprint density at radius 3 is 2.25 bits per heavy atom. The van der Waals surface area contributed by atoms with Crippen LogP contribution < -0.4 is 15.0 Å². The molecule has 12 heteroatoms. The lowest BCUT2D eigenvalue weighted by molar-refractivity contribution is -0.384. The fraction of sp³-hybridized carbons (Fsp3) is 0.500. The van der Waals surface area contributed by atoms with Crippen LogP contribution in [0.25, 0.3) is 0 Å². The summed E-state index contributed by atoms with van der Waals surface area (Å²) in [5.74, 6) is -0.0233. The van der Waals surface area contributed by atoms with Gasteiger partial charge in [0.2, 0.25) is 11.8 Å². The van der Waals surface area contributed by atoms with E-state index in [0.717, 1.165) is 6.20 Å². The number of carbonyl (C=O) groups excluding carboxylic acids is 2.